The van der Waals surface area contributed by atoms with E-state index in [0.29, 0.717) is 29.7 Å². The van der Waals surface area contributed by atoms with Crippen LogP contribution >= 0.6 is 15.9 Å². The van der Waals surface area contributed by atoms with Crippen LogP contribution in [0.2, 0.25) is 0 Å². The summed E-state index contributed by atoms with van der Waals surface area (Å²) in [4.78, 5) is 4.20. The smallest absolute Gasteiger partial charge is 0.212 e. The molecule has 0 radical (unpaired) electrons. The van der Waals surface area contributed by atoms with E-state index in [1.54, 1.807) is 26.5 Å². The minimum Gasteiger partial charge on any atom is -0.493 e. The second kappa shape index (κ2) is 6.44. The van der Waals surface area contributed by atoms with Crippen molar-refractivity contribution in [1.29, 1.82) is 0 Å². The fourth-order valence-corrected chi connectivity index (χ4v) is 2.62. The molecule has 22 heavy (non-hydrogen) atoms. The van der Waals surface area contributed by atoms with E-state index in [-0.39, 0.29) is 6.10 Å². The van der Waals surface area contributed by atoms with Crippen molar-refractivity contribution >= 4 is 15.9 Å². The normalized spacial score (nSPS) is 16.2. The molecule has 5 nitrogen and oxygen atoms in total. The monoisotopic (exact) mass is 365 g/mol. The zero-order valence-corrected chi connectivity index (χ0v) is 13.9. The number of fused-ring (bicyclic) bond motifs is 1. The van der Waals surface area contributed by atoms with Crippen molar-refractivity contribution in [2.45, 2.75) is 11.4 Å². The number of halogens is 1. The average molecular weight is 366 g/mol. The lowest BCUT2D eigenvalue weighted by molar-refractivity contribution is 0.0867. The maximum absolute atomic E-state index is 6.07. The summed E-state index contributed by atoms with van der Waals surface area (Å²) >= 11 is 3.44. The molecule has 0 spiro atoms. The van der Waals surface area contributed by atoms with E-state index in [2.05, 4.69) is 20.9 Å². The number of benzene rings is 1. The van der Waals surface area contributed by atoms with Gasteiger partial charge in [-0.25, -0.2) is 4.98 Å². The Labute approximate surface area is 137 Å². The van der Waals surface area contributed by atoms with Gasteiger partial charge in [0, 0.05) is 23.2 Å². The van der Waals surface area contributed by atoms with Gasteiger partial charge in [0.25, 0.3) is 0 Å². The Morgan fingerprint density at radius 2 is 2.14 bits per heavy atom. The van der Waals surface area contributed by atoms with Crippen LogP contribution in [0.3, 0.4) is 0 Å². The molecule has 1 aromatic heterocycles. The standard InChI is InChI=1S/C16H16BrNO4/c1-19-12-5-10(7-17)6-13-16(12)22-14(9-21-13)11-3-4-15(20-2)18-8-11/h3-6,8,14H,7,9H2,1-2H3. The molecule has 1 aromatic carbocycles. The molecular weight excluding hydrogens is 350 g/mol. The fourth-order valence-electron chi connectivity index (χ4n) is 2.29. The number of alkyl halides is 1. The van der Waals surface area contributed by atoms with Gasteiger partial charge >= 0.3 is 0 Å². The van der Waals surface area contributed by atoms with Crippen molar-refractivity contribution in [2.24, 2.45) is 0 Å². The maximum atomic E-state index is 6.07. The highest BCUT2D eigenvalue weighted by atomic mass is 79.9. The van der Waals surface area contributed by atoms with Gasteiger partial charge < -0.3 is 18.9 Å². The van der Waals surface area contributed by atoms with E-state index in [1.165, 1.54) is 0 Å². The van der Waals surface area contributed by atoms with E-state index in [1.807, 2.05) is 18.2 Å². The summed E-state index contributed by atoms with van der Waals surface area (Å²) in [5.41, 5.74) is 2.00. The van der Waals surface area contributed by atoms with Crippen molar-refractivity contribution in [1.82, 2.24) is 4.98 Å². The van der Waals surface area contributed by atoms with Crippen LogP contribution in [-0.2, 0) is 5.33 Å². The van der Waals surface area contributed by atoms with Gasteiger partial charge in [0.1, 0.15) is 6.61 Å². The molecule has 1 unspecified atom stereocenters. The second-order valence-corrected chi connectivity index (χ2v) is 5.37. The molecule has 2 heterocycles. The first-order valence-electron chi connectivity index (χ1n) is 6.81. The minimum absolute atomic E-state index is 0.227. The number of pyridine rings is 1. The van der Waals surface area contributed by atoms with Crippen molar-refractivity contribution < 1.29 is 18.9 Å². The maximum Gasteiger partial charge on any atom is 0.212 e. The highest BCUT2D eigenvalue weighted by Crippen LogP contribution is 2.44. The van der Waals surface area contributed by atoms with Crippen LogP contribution in [0.4, 0.5) is 0 Å². The predicted molar refractivity (Wildman–Crippen MR) is 85.3 cm³/mol. The number of nitrogens with zero attached hydrogens (tertiary/aromatic N) is 1. The van der Waals surface area contributed by atoms with Crippen molar-refractivity contribution in [3.8, 4) is 23.1 Å². The van der Waals surface area contributed by atoms with Crippen molar-refractivity contribution in [3.63, 3.8) is 0 Å². The molecule has 1 atom stereocenters. The fraction of sp³-hybridized carbons (Fsp3) is 0.312. The van der Waals surface area contributed by atoms with Gasteiger partial charge in [0.05, 0.1) is 14.2 Å². The first-order valence-corrected chi connectivity index (χ1v) is 7.93. The summed E-state index contributed by atoms with van der Waals surface area (Å²) in [6.45, 7) is 0.426. The largest absolute Gasteiger partial charge is 0.493 e. The summed E-state index contributed by atoms with van der Waals surface area (Å²) in [6, 6.07) is 7.62. The van der Waals surface area contributed by atoms with E-state index >= 15 is 0 Å². The summed E-state index contributed by atoms with van der Waals surface area (Å²) in [7, 11) is 3.21. The Morgan fingerprint density at radius 1 is 1.27 bits per heavy atom. The van der Waals surface area contributed by atoms with Crippen LogP contribution in [0.25, 0.3) is 0 Å². The molecule has 1 aliphatic heterocycles. The van der Waals surface area contributed by atoms with Gasteiger partial charge in [-0.1, -0.05) is 15.9 Å². The average Bonchev–Trinajstić information content (AvgIpc) is 2.60. The molecule has 0 bridgehead atoms. The lowest BCUT2D eigenvalue weighted by atomic mass is 10.1. The van der Waals surface area contributed by atoms with Crippen molar-refractivity contribution in [3.05, 3.63) is 41.6 Å². The predicted octanol–water partition coefficient (Wildman–Crippen LogP) is 3.51. The Kier molecular flexibility index (Phi) is 4.38. The molecule has 2 aromatic rings. The zero-order valence-electron chi connectivity index (χ0n) is 12.3. The van der Waals surface area contributed by atoms with Gasteiger partial charge in [0.15, 0.2) is 17.6 Å². The van der Waals surface area contributed by atoms with E-state index < -0.39 is 0 Å². The molecule has 6 heteroatoms. The second-order valence-electron chi connectivity index (χ2n) is 4.81. The number of aromatic nitrogens is 1. The first kappa shape index (κ1) is 15.0. The van der Waals surface area contributed by atoms with Crippen LogP contribution in [-0.4, -0.2) is 25.8 Å². The molecule has 116 valence electrons. The van der Waals surface area contributed by atoms with Gasteiger partial charge in [-0.15, -0.1) is 0 Å². The Balaban J connectivity index is 1.89. The Hall–Kier alpha value is -1.95. The summed E-state index contributed by atoms with van der Waals surface area (Å²) < 4.78 is 22.4. The quantitative estimate of drug-likeness (QED) is 0.776. The molecule has 0 saturated heterocycles. The SMILES string of the molecule is COc1ccc(C2COc3cc(CBr)cc(OC)c3O2)cn1. The summed E-state index contributed by atoms with van der Waals surface area (Å²) in [5.74, 6) is 2.56. The van der Waals surface area contributed by atoms with Crippen LogP contribution in [0.15, 0.2) is 30.5 Å². The molecule has 0 saturated carbocycles. The number of ether oxygens (including phenoxy) is 4. The van der Waals surface area contributed by atoms with Crippen LogP contribution < -0.4 is 18.9 Å². The highest BCUT2D eigenvalue weighted by Gasteiger charge is 2.26. The lowest BCUT2D eigenvalue weighted by Crippen LogP contribution is -2.22. The van der Waals surface area contributed by atoms with E-state index in [0.717, 1.165) is 16.5 Å². The van der Waals surface area contributed by atoms with Gasteiger partial charge in [-0.2, -0.15) is 0 Å². The number of hydrogen-bond acceptors (Lipinski definition) is 5. The topological polar surface area (TPSA) is 49.8 Å². The number of methoxy groups -OCH3 is 2. The third kappa shape index (κ3) is 2.83. The van der Waals surface area contributed by atoms with Crippen molar-refractivity contribution in [2.75, 3.05) is 20.8 Å². The lowest BCUT2D eigenvalue weighted by Gasteiger charge is -2.28. The molecule has 0 amide bonds. The third-order valence-corrected chi connectivity index (χ3v) is 4.09. The number of rotatable bonds is 4. The summed E-state index contributed by atoms with van der Waals surface area (Å²) in [6.07, 6.45) is 1.51. The number of hydrogen-bond donors (Lipinski definition) is 0. The molecule has 3 rings (SSSR count). The molecular formula is C16H16BrNO4. The van der Waals surface area contributed by atoms with Gasteiger partial charge in [-0.3, -0.25) is 0 Å². The third-order valence-electron chi connectivity index (χ3n) is 3.45. The van der Waals surface area contributed by atoms with Gasteiger partial charge in [0.2, 0.25) is 11.6 Å². The zero-order chi connectivity index (χ0) is 15.5. The van der Waals surface area contributed by atoms with Crippen LogP contribution in [0.1, 0.15) is 17.2 Å². The summed E-state index contributed by atoms with van der Waals surface area (Å²) in [5, 5.41) is 0.728. The van der Waals surface area contributed by atoms with E-state index in [9.17, 15) is 0 Å². The molecule has 0 aliphatic carbocycles. The molecule has 0 fully saturated rings. The highest BCUT2D eigenvalue weighted by molar-refractivity contribution is 9.08. The van der Waals surface area contributed by atoms with Crippen LogP contribution in [0.5, 0.6) is 23.1 Å². The minimum atomic E-state index is -0.227. The Bertz CT molecular complexity index is 643. The Morgan fingerprint density at radius 3 is 2.77 bits per heavy atom. The van der Waals surface area contributed by atoms with E-state index in [4.69, 9.17) is 18.9 Å². The van der Waals surface area contributed by atoms with Crippen LogP contribution in [0, 0.1) is 0 Å². The first-order chi connectivity index (χ1) is 10.7. The molecule has 0 N–H and O–H groups in total. The molecule has 1 aliphatic rings. The van der Waals surface area contributed by atoms with Gasteiger partial charge in [-0.05, 0) is 23.8 Å².